The Morgan fingerprint density at radius 2 is 2.19 bits per heavy atom. The van der Waals surface area contributed by atoms with Gasteiger partial charge in [-0.15, -0.1) is 0 Å². The first-order valence-electron chi connectivity index (χ1n) is 9.40. The Morgan fingerprint density at radius 3 is 3.00 bits per heavy atom. The van der Waals surface area contributed by atoms with E-state index < -0.39 is 12.1 Å². The Balaban J connectivity index is 1.85. The number of aryl methyl sites for hydroxylation is 2. The molecule has 1 aromatic carbocycles. The van der Waals surface area contributed by atoms with Crippen LogP contribution in [0.5, 0.6) is 5.88 Å². The van der Waals surface area contributed by atoms with Crippen molar-refractivity contribution in [3.8, 4) is 17.0 Å². The fourth-order valence-corrected chi connectivity index (χ4v) is 4.90. The summed E-state index contributed by atoms with van der Waals surface area (Å²) >= 11 is 0. The molecule has 0 fully saturated rings. The van der Waals surface area contributed by atoms with E-state index in [9.17, 15) is 9.18 Å². The van der Waals surface area contributed by atoms with Crippen LogP contribution in [0.15, 0.2) is 6.07 Å². The maximum Gasteiger partial charge on any atom is 0.270 e. The minimum absolute atomic E-state index is 0.249. The molecule has 0 spiro atoms. The number of hydrogen-bond acceptors (Lipinski definition) is 3. The smallest absolute Gasteiger partial charge is 0.270 e. The molecule has 0 saturated heterocycles. The molecule has 1 aromatic heterocycles. The van der Waals surface area contributed by atoms with Crippen LogP contribution in [0.4, 0.5) is 4.39 Å². The highest BCUT2D eigenvalue weighted by molar-refractivity contribution is 6.01. The van der Waals surface area contributed by atoms with Crippen molar-refractivity contribution in [3.05, 3.63) is 34.0 Å². The van der Waals surface area contributed by atoms with Crippen molar-refractivity contribution in [2.24, 2.45) is 5.73 Å². The third-order valence-electron chi connectivity index (χ3n) is 6.00. The van der Waals surface area contributed by atoms with Gasteiger partial charge in [-0.05, 0) is 46.6 Å². The van der Waals surface area contributed by atoms with Gasteiger partial charge >= 0.3 is 0 Å². The molecule has 2 heterocycles. The standard InChI is InChI=1S/C20H22FN3O2/c1-10-3-4-11-7-12-8-13(21)9-14(12)16(15(10)11)17-18(19(22)25)23-24-5-2-6-26-20(17)24/h7,10,13H,2-6,8-9H2,1H3,(H2,22,25)/t10-,13+/m0/s1. The lowest BCUT2D eigenvalue weighted by atomic mass is 9.86. The van der Waals surface area contributed by atoms with E-state index >= 15 is 0 Å². The third-order valence-corrected chi connectivity index (χ3v) is 6.00. The number of aromatic nitrogens is 2. The second kappa shape index (κ2) is 5.56. The molecule has 0 bridgehead atoms. The van der Waals surface area contributed by atoms with Gasteiger partial charge in [0.25, 0.3) is 5.91 Å². The van der Waals surface area contributed by atoms with E-state index in [2.05, 4.69) is 18.1 Å². The van der Waals surface area contributed by atoms with E-state index in [1.807, 2.05) is 0 Å². The first-order chi connectivity index (χ1) is 12.5. The highest BCUT2D eigenvalue weighted by Crippen LogP contribution is 2.49. The monoisotopic (exact) mass is 355 g/mol. The number of benzene rings is 1. The van der Waals surface area contributed by atoms with Crippen LogP contribution in [0, 0.1) is 0 Å². The van der Waals surface area contributed by atoms with Gasteiger partial charge in [-0.1, -0.05) is 13.0 Å². The molecule has 0 unspecified atom stereocenters. The van der Waals surface area contributed by atoms with Gasteiger partial charge in [-0.25, -0.2) is 9.07 Å². The van der Waals surface area contributed by atoms with Crippen LogP contribution in [-0.2, 0) is 25.8 Å². The van der Waals surface area contributed by atoms with Crippen LogP contribution < -0.4 is 10.5 Å². The summed E-state index contributed by atoms with van der Waals surface area (Å²) in [6.45, 7) is 3.49. The van der Waals surface area contributed by atoms with Gasteiger partial charge in [-0.2, -0.15) is 5.10 Å². The molecule has 6 heteroatoms. The molecule has 1 amide bonds. The summed E-state index contributed by atoms with van der Waals surface area (Å²) in [6, 6.07) is 2.18. The number of hydrogen-bond donors (Lipinski definition) is 1. The number of nitrogens with two attached hydrogens (primary N) is 1. The Hall–Kier alpha value is -2.37. The second-order valence-electron chi connectivity index (χ2n) is 7.73. The van der Waals surface area contributed by atoms with Gasteiger partial charge < -0.3 is 10.5 Å². The molecule has 5 rings (SSSR count). The summed E-state index contributed by atoms with van der Waals surface area (Å²) in [6.07, 6.45) is 2.87. The first kappa shape index (κ1) is 15.9. The van der Waals surface area contributed by atoms with Crippen LogP contribution in [0.1, 0.15) is 58.4 Å². The molecule has 3 aliphatic rings. The predicted octanol–water partition coefficient (Wildman–Crippen LogP) is 2.92. The van der Waals surface area contributed by atoms with Gasteiger partial charge in [0.2, 0.25) is 5.88 Å². The summed E-state index contributed by atoms with van der Waals surface area (Å²) < 4.78 is 21.9. The number of primary amides is 1. The van der Waals surface area contributed by atoms with E-state index in [1.165, 1.54) is 11.1 Å². The summed E-state index contributed by atoms with van der Waals surface area (Å²) in [5, 5.41) is 4.45. The van der Waals surface area contributed by atoms with Crippen LogP contribution in [0.3, 0.4) is 0 Å². The van der Waals surface area contributed by atoms with Crippen LogP contribution in [-0.4, -0.2) is 28.5 Å². The fraction of sp³-hybridized carbons (Fsp3) is 0.500. The Bertz CT molecular complexity index is 934. The Kier molecular flexibility index (Phi) is 3.39. The van der Waals surface area contributed by atoms with Crippen molar-refractivity contribution in [1.82, 2.24) is 9.78 Å². The molecule has 5 nitrogen and oxygen atoms in total. The van der Waals surface area contributed by atoms with Gasteiger partial charge in [0.05, 0.1) is 12.2 Å². The number of carbonyl (C=O) groups is 1. The number of carbonyl (C=O) groups excluding carboxylic acids is 1. The molecule has 26 heavy (non-hydrogen) atoms. The van der Waals surface area contributed by atoms with Gasteiger partial charge in [0.1, 0.15) is 6.17 Å². The van der Waals surface area contributed by atoms with Crippen molar-refractivity contribution in [1.29, 1.82) is 0 Å². The quantitative estimate of drug-likeness (QED) is 0.900. The van der Waals surface area contributed by atoms with Crippen molar-refractivity contribution >= 4 is 5.91 Å². The minimum atomic E-state index is -0.870. The molecular weight excluding hydrogens is 333 g/mol. The Morgan fingerprint density at radius 1 is 1.35 bits per heavy atom. The van der Waals surface area contributed by atoms with E-state index in [0.717, 1.165) is 36.0 Å². The molecule has 2 aliphatic carbocycles. The average molecular weight is 355 g/mol. The lowest BCUT2D eigenvalue weighted by Crippen LogP contribution is -2.15. The highest BCUT2D eigenvalue weighted by Gasteiger charge is 2.36. The zero-order chi connectivity index (χ0) is 18.0. The minimum Gasteiger partial charge on any atom is -0.477 e. The zero-order valence-corrected chi connectivity index (χ0v) is 14.8. The van der Waals surface area contributed by atoms with Crippen molar-refractivity contribution in [3.63, 3.8) is 0 Å². The maximum absolute atomic E-state index is 14.3. The van der Waals surface area contributed by atoms with Crippen LogP contribution in [0.2, 0.25) is 0 Å². The SMILES string of the molecule is C[C@H]1CCc2cc3c(c(-c4c(C(N)=O)nn5c4OCCC5)c21)C[C@H](F)C3. The Labute approximate surface area is 151 Å². The molecule has 0 radical (unpaired) electrons. The van der Waals surface area contributed by atoms with Crippen molar-refractivity contribution < 1.29 is 13.9 Å². The topological polar surface area (TPSA) is 70.1 Å². The number of alkyl halides is 1. The van der Waals surface area contributed by atoms with Crippen molar-refractivity contribution in [2.45, 2.75) is 57.7 Å². The van der Waals surface area contributed by atoms with E-state index in [1.54, 1.807) is 4.68 Å². The summed E-state index contributed by atoms with van der Waals surface area (Å²) in [7, 11) is 0. The van der Waals surface area contributed by atoms with Crippen LogP contribution in [0.25, 0.3) is 11.1 Å². The van der Waals surface area contributed by atoms with Gasteiger partial charge in [0.15, 0.2) is 5.69 Å². The third kappa shape index (κ3) is 2.14. The number of rotatable bonds is 2. The van der Waals surface area contributed by atoms with E-state index in [4.69, 9.17) is 10.5 Å². The maximum atomic E-state index is 14.3. The highest BCUT2D eigenvalue weighted by atomic mass is 19.1. The molecule has 136 valence electrons. The molecule has 2 atom stereocenters. The fourth-order valence-electron chi connectivity index (χ4n) is 4.90. The molecule has 2 N–H and O–H groups in total. The first-order valence-corrected chi connectivity index (χ1v) is 9.40. The lowest BCUT2D eigenvalue weighted by Gasteiger charge is -2.21. The second-order valence-corrected chi connectivity index (χ2v) is 7.73. The number of halogens is 1. The summed E-state index contributed by atoms with van der Waals surface area (Å²) in [5.41, 5.74) is 12.2. The van der Waals surface area contributed by atoms with Crippen molar-refractivity contribution in [2.75, 3.05) is 6.61 Å². The largest absolute Gasteiger partial charge is 0.477 e. The summed E-state index contributed by atoms with van der Waals surface area (Å²) in [4.78, 5) is 12.2. The molecule has 2 aromatic rings. The summed E-state index contributed by atoms with van der Waals surface area (Å²) in [5.74, 6) is 0.420. The molecule has 0 saturated carbocycles. The van der Waals surface area contributed by atoms with Gasteiger partial charge in [0, 0.05) is 25.8 Å². The number of fused-ring (bicyclic) bond motifs is 3. The average Bonchev–Trinajstić information content (AvgIpc) is 3.28. The lowest BCUT2D eigenvalue weighted by molar-refractivity contribution is 0.0995. The van der Waals surface area contributed by atoms with Crippen LogP contribution >= 0.6 is 0 Å². The molecule has 1 aliphatic heterocycles. The van der Waals surface area contributed by atoms with Gasteiger partial charge in [-0.3, -0.25) is 4.79 Å². The zero-order valence-electron chi connectivity index (χ0n) is 14.8. The molecular formula is C20H22FN3O2. The normalized spacial score (nSPS) is 23.3. The van der Waals surface area contributed by atoms with E-state index in [-0.39, 0.29) is 5.69 Å². The van der Waals surface area contributed by atoms with E-state index in [0.29, 0.717) is 43.4 Å². The number of amides is 1. The predicted molar refractivity (Wildman–Crippen MR) is 95.3 cm³/mol. The number of ether oxygens (including phenoxy) is 1. The number of nitrogens with zero attached hydrogens (tertiary/aromatic N) is 2.